The summed E-state index contributed by atoms with van der Waals surface area (Å²) in [6.45, 7) is 8.67. The Morgan fingerprint density at radius 3 is 2.68 bits per heavy atom. The Bertz CT molecular complexity index is 1410. The Labute approximate surface area is 219 Å². The lowest BCUT2D eigenvalue weighted by Crippen LogP contribution is -2.42. The van der Waals surface area contributed by atoms with Gasteiger partial charge in [-0.1, -0.05) is 19.9 Å². The predicted molar refractivity (Wildman–Crippen MR) is 146 cm³/mol. The molecule has 0 radical (unpaired) electrons. The Balaban J connectivity index is 1.48. The van der Waals surface area contributed by atoms with Gasteiger partial charge in [-0.05, 0) is 62.5 Å². The lowest BCUT2D eigenvalue weighted by Gasteiger charge is -2.26. The molecule has 1 fully saturated rings. The van der Waals surface area contributed by atoms with Crippen molar-refractivity contribution in [1.82, 2.24) is 29.8 Å². The summed E-state index contributed by atoms with van der Waals surface area (Å²) in [6.07, 6.45) is 5.32. The van der Waals surface area contributed by atoms with Gasteiger partial charge in [0.15, 0.2) is 5.65 Å². The van der Waals surface area contributed by atoms with Crippen molar-refractivity contribution < 1.29 is 9.59 Å². The van der Waals surface area contributed by atoms with Crippen molar-refractivity contribution in [3.63, 3.8) is 0 Å². The summed E-state index contributed by atoms with van der Waals surface area (Å²) in [7, 11) is 0. The molecule has 2 N–H and O–H groups in total. The summed E-state index contributed by atoms with van der Waals surface area (Å²) < 4.78 is 1.69. The van der Waals surface area contributed by atoms with Crippen LogP contribution in [-0.4, -0.2) is 62.0 Å². The molecule has 5 rings (SSSR count). The number of amides is 2. The average Bonchev–Trinajstić information content (AvgIpc) is 3.45. The molecule has 192 valence electrons. The zero-order valence-corrected chi connectivity index (χ0v) is 22.1. The summed E-state index contributed by atoms with van der Waals surface area (Å²) in [6, 6.07) is 9.51. The topological polar surface area (TPSA) is 105 Å². The number of rotatable bonds is 10. The smallest absolute Gasteiger partial charge is 0.251 e. The molecule has 9 nitrogen and oxygen atoms in total. The maximum atomic E-state index is 13.2. The number of nitrogens with one attached hydrogen (secondary N) is 2. The van der Waals surface area contributed by atoms with Crippen molar-refractivity contribution in [2.24, 2.45) is 5.92 Å². The summed E-state index contributed by atoms with van der Waals surface area (Å²) in [5.41, 5.74) is 3.11. The molecule has 37 heavy (non-hydrogen) atoms. The van der Waals surface area contributed by atoms with Crippen LogP contribution in [0.5, 0.6) is 0 Å². The van der Waals surface area contributed by atoms with E-state index >= 15 is 0 Å². The van der Waals surface area contributed by atoms with Crippen molar-refractivity contribution in [3.8, 4) is 21.8 Å². The number of carbonyl (C=O) groups is 2. The van der Waals surface area contributed by atoms with Crippen LogP contribution < -0.4 is 10.6 Å². The first kappa shape index (κ1) is 25.0. The first-order valence-corrected chi connectivity index (χ1v) is 13.6. The second kappa shape index (κ2) is 10.8. The van der Waals surface area contributed by atoms with Gasteiger partial charge in [0, 0.05) is 30.3 Å². The highest BCUT2D eigenvalue weighted by Gasteiger charge is 2.30. The van der Waals surface area contributed by atoms with Crippen molar-refractivity contribution in [2.45, 2.75) is 39.7 Å². The van der Waals surface area contributed by atoms with Crippen LogP contribution in [0.15, 0.2) is 48.1 Å². The number of pyridine rings is 1. The molecule has 4 aromatic heterocycles. The second-order valence-electron chi connectivity index (χ2n) is 9.29. The van der Waals surface area contributed by atoms with E-state index < -0.39 is 0 Å². The zero-order valence-electron chi connectivity index (χ0n) is 21.3. The van der Waals surface area contributed by atoms with E-state index in [1.807, 2.05) is 29.8 Å². The number of aromatic nitrogens is 4. The molecule has 4 heterocycles. The standard InChI is InChI=1S/C27H31N7O2S/c1-4-33(5-2)17(3)15-28-26(35)19-13-22(30-24(14-19)32-27(36)18-8-9-18)20-16-29-34-11-10-21(31-25(20)34)23-7-6-12-37-23/h6-7,10-14,16-18H,4-5,8-9,15H2,1-3H3,(H,28,35)(H,30,32,36)/t17-/m0/s1. The van der Waals surface area contributed by atoms with Gasteiger partial charge < -0.3 is 10.6 Å². The fourth-order valence-corrected chi connectivity index (χ4v) is 5.06. The van der Waals surface area contributed by atoms with E-state index in [1.165, 1.54) is 0 Å². The van der Waals surface area contributed by atoms with Crippen LogP contribution in [0.3, 0.4) is 0 Å². The second-order valence-corrected chi connectivity index (χ2v) is 10.2. The van der Waals surface area contributed by atoms with E-state index in [0.717, 1.165) is 36.5 Å². The normalized spacial score (nSPS) is 14.2. The van der Waals surface area contributed by atoms with Gasteiger partial charge in [-0.25, -0.2) is 14.5 Å². The number of hydrogen-bond donors (Lipinski definition) is 2. The lowest BCUT2D eigenvalue weighted by molar-refractivity contribution is -0.117. The molecule has 10 heteroatoms. The Kier molecular flexibility index (Phi) is 7.29. The largest absolute Gasteiger partial charge is 0.350 e. The summed E-state index contributed by atoms with van der Waals surface area (Å²) in [5, 5.41) is 12.4. The molecule has 1 atom stereocenters. The lowest BCUT2D eigenvalue weighted by atomic mass is 10.1. The predicted octanol–water partition coefficient (Wildman–Crippen LogP) is 4.33. The van der Waals surface area contributed by atoms with Crippen LogP contribution in [0.2, 0.25) is 0 Å². The van der Waals surface area contributed by atoms with Crippen molar-refractivity contribution >= 4 is 34.6 Å². The van der Waals surface area contributed by atoms with Crippen LogP contribution in [-0.2, 0) is 4.79 Å². The molecule has 2 amide bonds. The molecule has 0 aromatic carbocycles. The minimum Gasteiger partial charge on any atom is -0.350 e. The molecular weight excluding hydrogens is 486 g/mol. The highest BCUT2D eigenvalue weighted by atomic mass is 32.1. The van der Waals surface area contributed by atoms with E-state index in [2.05, 4.69) is 41.4 Å². The van der Waals surface area contributed by atoms with E-state index in [4.69, 9.17) is 9.97 Å². The van der Waals surface area contributed by atoms with Gasteiger partial charge in [-0.2, -0.15) is 5.10 Å². The number of fused-ring (bicyclic) bond motifs is 1. The number of hydrogen-bond acceptors (Lipinski definition) is 7. The van der Waals surface area contributed by atoms with Gasteiger partial charge in [0.05, 0.1) is 28.0 Å². The molecule has 0 aliphatic heterocycles. The van der Waals surface area contributed by atoms with Crippen LogP contribution in [0.1, 0.15) is 44.0 Å². The number of carbonyl (C=O) groups excluding carboxylic acids is 2. The number of thiophene rings is 1. The summed E-state index contributed by atoms with van der Waals surface area (Å²) in [4.78, 5) is 38.6. The third-order valence-electron chi connectivity index (χ3n) is 6.70. The molecule has 1 saturated carbocycles. The van der Waals surface area contributed by atoms with Gasteiger partial charge in [0.2, 0.25) is 5.91 Å². The third-order valence-corrected chi connectivity index (χ3v) is 7.59. The molecule has 4 aromatic rings. The van der Waals surface area contributed by atoms with Crippen molar-refractivity contribution in [2.75, 3.05) is 25.0 Å². The monoisotopic (exact) mass is 517 g/mol. The van der Waals surface area contributed by atoms with Crippen LogP contribution in [0.4, 0.5) is 5.82 Å². The van der Waals surface area contributed by atoms with Crippen molar-refractivity contribution in [1.29, 1.82) is 0 Å². The first-order chi connectivity index (χ1) is 18.0. The van der Waals surface area contributed by atoms with Crippen molar-refractivity contribution in [3.05, 3.63) is 53.7 Å². The van der Waals surface area contributed by atoms with Gasteiger partial charge in [0.1, 0.15) is 5.82 Å². The Hall–Kier alpha value is -3.63. The van der Waals surface area contributed by atoms with E-state index in [0.29, 0.717) is 34.8 Å². The minimum absolute atomic E-state index is 0.0182. The summed E-state index contributed by atoms with van der Waals surface area (Å²) in [5.74, 6) is 0.0900. The maximum absolute atomic E-state index is 13.2. The van der Waals surface area contributed by atoms with Gasteiger partial charge in [-0.3, -0.25) is 14.5 Å². The molecule has 0 unspecified atom stereocenters. The highest BCUT2D eigenvalue weighted by Crippen LogP contribution is 2.31. The van der Waals surface area contributed by atoms with Crippen LogP contribution >= 0.6 is 11.3 Å². The average molecular weight is 518 g/mol. The molecular formula is C27H31N7O2S. The van der Waals surface area contributed by atoms with E-state index in [1.54, 1.807) is 34.2 Å². The number of anilines is 1. The van der Waals surface area contributed by atoms with Crippen LogP contribution in [0.25, 0.3) is 27.5 Å². The molecule has 0 spiro atoms. The number of likely N-dealkylation sites (N-methyl/N-ethyl adjacent to an activating group) is 1. The maximum Gasteiger partial charge on any atom is 0.251 e. The molecule has 0 bridgehead atoms. The highest BCUT2D eigenvalue weighted by molar-refractivity contribution is 7.13. The van der Waals surface area contributed by atoms with Crippen LogP contribution in [0, 0.1) is 5.92 Å². The first-order valence-electron chi connectivity index (χ1n) is 12.7. The zero-order chi connectivity index (χ0) is 25.9. The van der Waals surface area contributed by atoms with E-state index in [-0.39, 0.29) is 23.8 Å². The fraction of sp³-hybridized carbons (Fsp3) is 0.370. The molecule has 0 saturated heterocycles. The Morgan fingerprint density at radius 2 is 1.97 bits per heavy atom. The SMILES string of the molecule is CCN(CC)[C@@H](C)CNC(=O)c1cc(NC(=O)C2CC2)nc(-c2cnn3ccc(-c4cccs4)nc23)c1. The minimum atomic E-state index is -0.215. The molecule has 1 aliphatic rings. The number of nitrogens with zero attached hydrogens (tertiary/aromatic N) is 5. The quantitative estimate of drug-likeness (QED) is 0.325. The molecule has 1 aliphatic carbocycles. The fourth-order valence-electron chi connectivity index (χ4n) is 4.37. The van der Waals surface area contributed by atoms with Gasteiger partial charge >= 0.3 is 0 Å². The Morgan fingerprint density at radius 1 is 1.16 bits per heavy atom. The summed E-state index contributed by atoms with van der Waals surface area (Å²) >= 11 is 1.61. The third kappa shape index (κ3) is 5.55. The van der Waals surface area contributed by atoms with E-state index in [9.17, 15) is 9.59 Å². The van der Waals surface area contributed by atoms with Gasteiger partial charge in [-0.15, -0.1) is 11.3 Å². The van der Waals surface area contributed by atoms with Gasteiger partial charge in [0.25, 0.3) is 5.91 Å².